The first-order valence-corrected chi connectivity index (χ1v) is 10.9. The van der Waals surface area contributed by atoms with Crippen LogP contribution < -0.4 is 0 Å². The maximum atomic E-state index is 13.0. The van der Waals surface area contributed by atoms with Crippen molar-refractivity contribution >= 4 is 17.5 Å². The zero-order chi connectivity index (χ0) is 20.3. The molecule has 4 heteroatoms. The number of carboxylic acid groups (broad SMARTS) is 1. The molecule has 0 bridgehead atoms. The van der Waals surface area contributed by atoms with Crippen LogP contribution in [0.5, 0.6) is 0 Å². The van der Waals surface area contributed by atoms with E-state index in [1.165, 1.54) is 5.57 Å². The van der Waals surface area contributed by atoms with Gasteiger partial charge >= 0.3 is 5.97 Å². The molecule has 0 spiro atoms. The third-order valence-corrected chi connectivity index (χ3v) is 8.87. The van der Waals surface area contributed by atoms with Gasteiger partial charge in [-0.25, -0.2) is 0 Å². The molecular weight excluding hydrogens is 352 g/mol. The fourth-order valence-corrected chi connectivity index (χ4v) is 7.26. The third-order valence-electron chi connectivity index (χ3n) is 8.87. The molecule has 1 N–H and O–H groups in total. The van der Waals surface area contributed by atoms with Gasteiger partial charge in [0.1, 0.15) is 5.78 Å². The van der Waals surface area contributed by atoms with E-state index in [4.69, 9.17) is 0 Å². The van der Waals surface area contributed by atoms with Crippen molar-refractivity contribution in [2.45, 2.75) is 65.7 Å². The van der Waals surface area contributed by atoms with Gasteiger partial charge in [-0.05, 0) is 73.8 Å². The molecule has 1 unspecified atom stereocenters. The van der Waals surface area contributed by atoms with Crippen molar-refractivity contribution in [1.82, 2.24) is 0 Å². The molecule has 0 aromatic carbocycles. The second-order valence-electron chi connectivity index (χ2n) is 10.2. The number of Topliss-reactive ketones (excluding diaryl/α,β-unsaturated/α-hetero) is 1. The fraction of sp³-hybridized carbons (Fsp3) is 0.708. The zero-order valence-corrected chi connectivity index (χ0v) is 17.2. The number of carbonyl (C=O) groups is 3. The summed E-state index contributed by atoms with van der Waals surface area (Å²) < 4.78 is 0. The molecular formula is C24H32O4. The lowest BCUT2D eigenvalue weighted by atomic mass is 9.47. The normalized spacial score (nSPS) is 42.8. The topological polar surface area (TPSA) is 71.4 Å². The minimum atomic E-state index is -0.880. The molecule has 0 saturated heterocycles. The van der Waals surface area contributed by atoms with Gasteiger partial charge in [0.15, 0.2) is 5.78 Å². The smallest absolute Gasteiger partial charge is 0.306 e. The molecule has 0 aromatic rings. The highest BCUT2D eigenvalue weighted by Crippen LogP contribution is 2.66. The van der Waals surface area contributed by atoms with Crippen LogP contribution in [0.1, 0.15) is 65.7 Å². The van der Waals surface area contributed by atoms with Crippen LogP contribution in [-0.2, 0) is 14.4 Å². The first kappa shape index (κ1) is 19.6. The molecule has 0 amide bonds. The van der Waals surface area contributed by atoms with E-state index in [-0.39, 0.29) is 34.7 Å². The van der Waals surface area contributed by atoms with Crippen molar-refractivity contribution in [3.05, 3.63) is 23.8 Å². The lowest BCUT2D eigenvalue weighted by Crippen LogP contribution is -2.50. The molecule has 7 atom stereocenters. The Morgan fingerprint density at radius 3 is 2.64 bits per heavy atom. The van der Waals surface area contributed by atoms with E-state index in [0.29, 0.717) is 17.8 Å². The first-order chi connectivity index (χ1) is 13.2. The van der Waals surface area contributed by atoms with Crippen LogP contribution in [0, 0.1) is 40.4 Å². The molecule has 4 rings (SSSR count). The van der Waals surface area contributed by atoms with Crippen molar-refractivity contribution < 1.29 is 19.5 Å². The van der Waals surface area contributed by atoms with Crippen LogP contribution in [0.25, 0.3) is 0 Å². The summed E-state index contributed by atoms with van der Waals surface area (Å²) in [6, 6.07) is 0. The minimum Gasteiger partial charge on any atom is -0.481 e. The molecule has 3 fully saturated rings. The summed E-state index contributed by atoms with van der Waals surface area (Å²) in [5.74, 6) is 0.468. The van der Waals surface area contributed by atoms with Gasteiger partial charge in [-0.15, -0.1) is 0 Å². The first-order valence-electron chi connectivity index (χ1n) is 10.9. The number of carbonyl (C=O) groups excluding carboxylic acids is 2. The maximum Gasteiger partial charge on any atom is 0.306 e. The summed E-state index contributed by atoms with van der Waals surface area (Å²) in [6.07, 6.45) is 12.1. The molecule has 4 nitrogen and oxygen atoms in total. The Hall–Kier alpha value is -1.71. The second-order valence-corrected chi connectivity index (χ2v) is 10.2. The standard InChI is InChI=1S/C24H32O4/c1-14(22(27)28)12-21(26)20-7-6-18-17-5-4-15-13-16(25)8-10-23(15,2)19(17)9-11-24(18,20)3/h8,10,13-14,17-20H,4-7,9,11-12H2,1-3H3,(H,27,28)/t14?,17-,18-,19-,20+,23-,24-/m0/s1. The van der Waals surface area contributed by atoms with Gasteiger partial charge in [0.2, 0.25) is 0 Å². The van der Waals surface area contributed by atoms with Crippen LogP contribution >= 0.6 is 0 Å². The average molecular weight is 385 g/mol. The molecule has 0 aromatic heterocycles. The highest BCUT2D eigenvalue weighted by atomic mass is 16.4. The Morgan fingerprint density at radius 2 is 1.93 bits per heavy atom. The Balaban J connectivity index is 1.56. The summed E-state index contributed by atoms with van der Waals surface area (Å²) in [5.41, 5.74) is 1.28. The number of hydrogen-bond donors (Lipinski definition) is 1. The SMILES string of the molecule is CC(CC(=O)[C@H]1CC[C@H]2[C@@H]3CCC4=CC(=O)C=C[C@]4(C)[C@H]3CC[C@]12C)C(=O)O. The van der Waals surface area contributed by atoms with Crippen molar-refractivity contribution in [3.8, 4) is 0 Å². The quantitative estimate of drug-likeness (QED) is 0.769. The molecule has 4 aliphatic carbocycles. The molecule has 3 saturated carbocycles. The number of fused-ring (bicyclic) bond motifs is 5. The number of ketones is 2. The van der Waals surface area contributed by atoms with Gasteiger partial charge < -0.3 is 5.11 Å². The van der Waals surface area contributed by atoms with E-state index in [1.54, 1.807) is 13.0 Å². The van der Waals surface area contributed by atoms with Crippen molar-refractivity contribution in [1.29, 1.82) is 0 Å². The molecule has 0 heterocycles. The van der Waals surface area contributed by atoms with E-state index < -0.39 is 11.9 Å². The van der Waals surface area contributed by atoms with E-state index in [0.717, 1.165) is 38.5 Å². The van der Waals surface area contributed by atoms with Gasteiger partial charge in [0.25, 0.3) is 0 Å². The maximum absolute atomic E-state index is 13.0. The van der Waals surface area contributed by atoms with Crippen LogP contribution in [0.4, 0.5) is 0 Å². The third kappa shape index (κ3) is 2.83. The fourth-order valence-electron chi connectivity index (χ4n) is 7.26. The van der Waals surface area contributed by atoms with Gasteiger partial charge in [-0.3, -0.25) is 14.4 Å². The van der Waals surface area contributed by atoms with Gasteiger partial charge in [0, 0.05) is 17.8 Å². The highest BCUT2D eigenvalue weighted by molar-refractivity contribution is 6.01. The lowest BCUT2D eigenvalue weighted by Gasteiger charge is -2.57. The molecule has 152 valence electrons. The molecule has 0 aliphatic heterocycles. The largest absolute Gasteiger partial charge is 0.481 e. The minimum absolute atomic E-state index is 0.00223. The number of rotatable bonds is 4. The zero-order valence-electron chi connectivity index (χ0n) is 17.2. The Kier molecular flexibility index (Phi) is 4.67. The number of carboxylic acids is 1. The number of hydrogen-bond acceptors (Lipinski definition) is 3. The monoisotopic (exact) mass is 384 g/mol. The Morgan fingerprint density at radius 1 is 1.18 bits per heavy atom. The van der Waals surface area contributed by atoms with E-state index >= 15 is 0 Å². The van der Waals surface area contributed by atoms with E-state index in [2.05, 4.69) is 19.9 Å². The number of allylic oxidation sites excluding steroid dienone is 4. The lowest BCUT2D eigenvalue weighted by molar-refractivity contribution is -0.144. The summed E-state index contributed by atoms with van der Waals surface area (Å²) in [6.45, 7) is 6.23. The summed E-state index contributed by atoms with van der Waals surface area (Å²) in [5, 5.41) is 9.19. The predicted octanol–water partition coefficient (Wildman–Crippen LogP) is 4.59. The van der Waals surface area contributed by atoms with Crippen LogP contribution in [0.2, 0.25) is 0 Å². The Bertz CT molecular complexity index is 777. The van der Waals surface area contributed by atoms with Gasteiger partial charge in [-0.2, -0.15) is 0 Å². The van der Waals surface area contributed by atoms with Crippen LogP contribution in [-0.4, -0.2) is 22.6 Å². The van der Waals surface area contributed by atoms with Gasteiger partial charge in [-0.1, -0.05) is 32.4 Å². The highest BCUT2D eigenvalue weighted by Gasteiger charge is 2.59. The Labute approximate surface area is 167 Å². The van der Waals surface area contributed by atoms with E-state index in [1.807, 2.05) is 6.08 Å². The molecule has 4 aliphatic rings. The van der Waals surface area contributed by atoms with Crippen LogP contribution in [0.3, 0.4) is 0 Å². The van der Waals surface area contributed by atoms with E-state index in [9.17, 15) is 19.5 Å². The number of aliphatic carboxylic acids is 1. The van der Waals surface area contributed by atoms with Crippen LogP contribution in [0.15, 0.2) is 23.8 Å². The summed E-state index contributed by atoms with van der Waals surface area (Å²) in [4.78, 5) is 36.1. The van der Waals surface area contributed by atoms with Gasteiger partial charge in [0.05, 0.1) is 5.92 Å². The summed E-state index contributed by atoms with van der Waals surface area (Å²) >= 11 is 0. The van der Waals surface area contributed by atoms with Crippen molar-refractivity contribution in [3.63, 3.8) is 0 Å². The predicted molar refractivity (Wildman–Crippen MR) is 107 cm³/mol. The molecule has 28 heavy (non-hydrogen) atoms. The van der Waals surface area contributed by atoms with Crippen molar-refractivity contribution in [2.75, 3.05) is 0 Å². The van der Waals surface area contributed by atoms with Crippen molar-refractivity contribution in [2.24, 2.45) is 40.4 Å². The second kappa shape index (κ2) is 6.67. The summed E-state index contributed by atoms with van der Waals surface area (Å²) in [7, 11) is 0. The average Bonchev–Trinajstić information content (AvgIpc) is 2.99. The molecule has 0 radical (unpaired) electrons.